The minimum Gasteiger partial charge on any atom is -0.497 e. The number of ether oxygens (including phenoxy) is 2. The molecule has 7 nitrogen and oxygen atoms in total. The quantitative estimate of drug-likeness (QED) is 0.577. The first-order chi connectivity index (χ1) is 12.5. The third-order valence-electron chi connectivity index (χ3n) is 4.35. The van der Waals surface area contributed by atoms with Gasteiger partial charge in [-0.3, -0.25) is 9.59 Å². The van der Waals surface area contributed by atoms with Crippen LogP contribution >= 0.6 is 0 Å². The van der Waals surface area contributed by atoms with Crippen LogP contribution in [0.5, 0.6) is 11.5 Å². The van der Waals surface area contributed by atoms with Gasteiger partial charge in [-0.1, -0.05) is 19.3 Å². The summed E-state index contributed by atoms with van der Waals surface area (Å²) in [6.45, 7) is 1.72. The van der Waals surface area contributed by atoms with Gasteiger partial charge < -0.3 is 14.8 Å². The van der Waals surface area contributed by atoms with Crippen molar-refractivity contribution >= 4 is 17.5 Å². The van der Waals surface area contributed by atoms with Crippen LogP contribution in [0, 0.1) is 0 Å². The highest BCUT2D eigenvalue weighted by Gasteiger charge is 2.16. The van der Waals surface area contributed by atoms with Crippen molar-refractivity contribution in [1.29, 1.82) is 0 Å². The lowest BCUT2D eigenvalue weighted by Crippen LogP contribution is -2.37. The molecule has 2 amide bonds. The number of nitrogens with one attached hydrogen (secondary N) is 2. The summed E-state index contributed by atoms with van der Waals surface area (Å²) in [4.78, 5) is 24.3. The fraction of sp³-hybridized carbons (Fsp3) is 0.526. The zero-order valence-electron chi connectivity index (χ0n) is 15.6. The highest BCUT2D eigenvalue weighted by Crippen LogP contribution is 2.22. The monoisotopic (exact) mass is 361 g/mol. The lowest BCUT2D eigenvalue weighted by Gasteiger charge is -2.22. The highest BCUT2D eigenvalue weighted by molar-refractivity contribution is 6.01. The third kappa shape index (κ3) is 6.06. The van der Waals surface area contributed by atoms with Gasteiger partial charge >= 0.3 is 0 Å². The zero-order valence-corrected chi connectivity index (χ0v) is 15.6. The summed E-state index contributed by atoms with van der Waals surface area (Å²) in [6.07, 6.45) is 5.81. The van der Waals surface area contributed by atoms with Gasteiger partial charge in [-0.2, -0.15) is 5.10 Å². The fourth-order valence-corrected chi connectivity index (χ4v) is 2.95. The number of carbonyl (C=O) groups excluding carboxylic acids is 2. The first kappa shape index (κ1) is 19.8. The number of methoxy groups -OCH3 is 2. The number of carbonyl (C=O) groups is 2. The van der Waals surface area contributed by atoms with Gasteiger partial charge in [-0.25, -0.2) is 5.43 Å². The topological polar surface area (TPSA) is 89.0 Å². The van der Waals surface area contributed by atoms with Crippen LogP contribution in [0.4, 0.5) is 0 Å². The summed E-state index contributed by atoms with van der Waals surface area (Å²) >= 11 is 0. The van der Waals surface area contributed by atoms with E-state index in [1.807, 2.05) is 0 Å². The Bertz CT molecular complexity index is 644. The van der Waals surface area contributed by atoms with Crippen LogP contribution in [0.25, 0.3) is 0 Å². The van der Waals surface area contributed by atoms with E-state index in [2.05, 4.69) is 15.8 Å². The van der Waals surface area contributed by atoms with Gasteiger partial charge in [0.15, 0.2) is 0 Å². The van der Waals surface area contributed by atoms with E-state index >= 15 is 0 Å². The summed E-state index contributed by atoms with van der Waals surface area (Å²) < 4.78 is 10.3. The minimum atomic E-state index is -0.394. The Morgan fingerprint density at radius 1 is 1.08 bits per heavy atom. The van der Waals surface area contributed by atoms with Crippen molar-refractivity contribution < 1.29 is 19.1 Å². The van der Waals surface area contributed by atoms with Crippen molar-refractivity contribution in [2.45, 2.75) is 51.5 Å². The van der Waals surface area contributed by atoms with Crippen molar-refractivity contribution in [3.05, 3.63) is 23.8 Å². The van der Waals surface area contributed by atoms with Crippen LogP contribution in [-0.4, -0.2) is 37.8 Å². The third-order valence-corrected chi connectivity index (χ3v) is 4.35. The van der Waals surface area contributed by atoms with Crippen LogP contribution in [0.15, 0.2) is 23.3 Å². The van der Waals surface area contributed by atoms with Crippen molar-refractivity contribution in [1.82, 2.24) is 10.7 Å². The molecule has 1 aliphatic rings. The summed E-state index contributed by atoms with van der Waals surface area (Å²) in [5, 5.41) is 7.05. The first-order valence-corrected chi connectivity index (χ1v) is 8.87. The number of hydrogen-bond donors (Lipinski definition) is 2. The largest absolute Gasteiger partial charge is 0.497 e. The summed E-state index contributed by atoms with van der Waals surface area (Å²) in [6, 6.07) is 5.14. The van der Waals surface area contributed by atoms with E-state index in [0.29, 0.717) is 22.8 Å². The van der Waals surface area contributed by atoms with Crippen LogP contribution in [0.1, 0.15) is 55.8 Å². The Morgan fingerprint density at radius 2 is 1.69 bits per heavy atom. The average Bonchev–Trinajstić information content (AvgIpc) is 2.66. The number of benzene rings is 1. The Morgan fingerprint density at radius 3 is 2.27 bits per heavy atom. The molecule has 1 aromatic carbocycles. The van der Waals surface area contributed by atoms with Gasteiger partial charge in [0.25, 0.3) is 5.91 Å². The zero-order chi connectivity index (χ0) is 18.9. The summed E-state index contributed by atoms with van der Waals surface area (Å²) in [5.41, 5.74) is 3.38. The number of hydrazone groups is 1. The molecule has 0 spiro atoms. The maximum atomic E-state index is 12.3. The van der Waals surface area contributed by atoms with E-state index in [9.17, 15) is 9.59 Å². The van der Waals surface area contributed by atoms with E-state index in [4.69, 9.17) is 9.47 Å². The molecular weight excluding hydrogens is 334 g/mol. The molecule has 7 heteroatoms. The van der Waals surface area contributed by atoms with Crippen LogP contribution < -0.4 is 20.2 Å². The molecule has 1 fully saturated rings. The summed E-state index contributed by atoms with van der Waals surface area (Å²) in [7, 11) is 3.04. The van der Waals surface area contributed by atoms with Gasteiger partial charge in [0.05, 0.1) is 20.6 Å². The summed E-state index contributed by atoms with van der Waals surface area (Å²) in [5.74, 6) is 0.578. The molecule has 2 rings (SSSR count). The molecule has 0 aromatic heterocycles. The molecule has 0 radical (unpaired) electrons. The van der Waals surface area contributed by atoms with Crippen molar-refractivity contribution in [2.24, 2.45) is 5.10 Å². The van der Waals surface area contributed by atoms with E-state index in [-0.39, 0.29) is 18.4 Å². The van der Waals surface area contributed by atoms with Crippen LogP contribution in [0.2, 0.25) is 0 Å². The maximum absolute atomic E-state index is 12.3. The molecule has 0 heterocycles. The average molecular weight is 361 g/mol. The molecule has 0 saturated heterocycles. The highest BCUT2D eigenvalue weighted by atomic mass is 16.5. The molecule has 26 heavy (non-hydrogen) atoms. The normalized spacial score (nSPS) is 15.3. The van der Waals surface area contributed by atoms with E-state index in [1.54, 1.807) is 25.1 Å². The van der Waals surface area contributed by atoms with Gasteiger partial charge in [-0.15, -0.1) is 0 Å². The molecular formula is C19H27N3O4. The predicted octanol–water partition coefficient (Wildman–Crippen LogP) is 2.65. The lowest BCUT2D eigenvalue weighted by molar-refractivity contribution is -0.120. The van der Waals surface area contributed by atoms with E-state index in [0.717, 1.165) is 25.7 Å². The van der Waals surface area contributed by atoms with Gasteiger partial charge in [0, 0.05) is 23.4 Å². The Kier molecular flexibility index (Phi) is 7.44. The van der Waals surface area contributed by atoms with Crippen molar-refractivity contribution in [2.75, 3.05) is 14.2 Å². The number of hydrogen-bond acceptors (Lipinski definition) is 5. The second kappa shape index (κ2) is 9.79. The number of nitrogens with zero attached hydrogens (tertiary/aromatic N) is 1. The SMILES string of the molecule is COc1cc(OC)cc(C(=O)NN=C(C)CC(=O)NC2CCCCC2)c1. The smallest absolute Gasteiger partial charge is 0.271 e. The Labute approximate surface area is 154 Å². The van der Waals surface area contributed by atoms with Crippen molar-refractivity contribution in [3.63, 3.8) is 0 Å². The van der Waals surface area contributed by atoms with Gasteiger partial charge in [0.2, 0.25) is 5.91 Å². The predicted molar refractivity (Wildman–Crippen MR) is 99.8 cm³/mol. The maximum Gasteiger partial charge on any atom is 0.271 e. The molecule has 142 valence electrons. The van der Waals surface area contributed by atoms with Crippen LogP contribution in [-0.2, 0) is 4.79 Å². The molecule has 0 unspecified atom stereocenters. The second-order valence-corrected chi connectivity index (χ2v) is 6.47. The second-order valence-electron chi connectivity index (χ2n) is 6.47. The van der Waals surface area contributed by atoms with Gasteiger partial charge in [-0.05, 0) is 31.9 Å². The molecule has 0 aliphatic heterocycles. The first-order valence-electron chi connectivity index (χ1n) is 8.87. The fourth-order valence-electron chi connectivity index (χ4n) is 2.95. The standard InChI is InChI=1S/C19H27N3O4/c1-13(9-18(23)20-15-7-5-4-6-8-15)21-22-19(24)14-10-16(25-2)12-17(11-14)26-3/h10-12,15H,4-9H2,1-3H3,(H,20,23)(H,22,24). The number of amides is 2. The number of rotatable bonds is 7. The molecule has 1 aromatic rings. The molecule has 1 saturated carbocycles. The molecule has 0 bridgehead atoms. The minimum absolute atomic E-state index is 0.0598. The Balaban J connectivity index is 1.89. The lowest BCUT2D eigenvalue weighted by atomic mass is 9.95. The Hall–Kier alpha value is -2.57. The molecule has 0 atom stereocenters. The molecule has 1 aliphatic carbocycles. The van der Waals surface area contributed by atoms with Gasteiger partial charge in [0.1, 0.15) is 11.5 Å². The molecule has 2 N–H and O–H groups in total. The van der Waals surface area contributed by atoms with Crippen molar-refractivity contribution in [3.8, 4) is 11.5 Å². The van der Waals surface area contributed by atoms with E-state index < -0.39 is 5.91 Å². The van der Waals surface area contributed by atoms with Crippen LogP contribution in [0.3, 0.4) is 0 Å². The van der Waals surface area contributed by atoms with E-state index in [1.165, 1.54) is 20.6 Å².